The van der Waals surface area contributed by atoms with Gasteiger partial charge in [-0.1, -0.05) is 18.2 Å². The molecule has 1 aromatic carbocycles. The smallest absolute Gasteiger partial charge is 0.0845 e. The number of anilines is 1. The predicted molar refractivity (Wildman–Crippen MR) is 83.3 cm³/mol. The van der Waals surface area contributed by atoms with E-state index in [0.717, 1.165) is 32.1 Å². The van der Waals surface area contributed by atoms with Gasteiger partial charge in [0.2, 0.25) is 0 Å². The third-order valence-corrected chi connectivity index (χ3v) is 4.40. The van der Waals surface area contributed by atoms with Gasteiger partial charge in [-0.3, -0.25) is 4.90 Å². The van der Waals surface area contributed by atoms with Crippen molar-refractivity contribution in [3.8, 4) is 0 Å². The summed E-state index contributed by atoms with van der Waals surface area (Å²) in [6, 6.07) is 9.12. The van der Waals surface area contributed by atoms with Crippen LogP contribution >= 0.6 is 0 Å². The molecule has 0 aromatic heterocycles. The molecule has 0 bridgehead atoms. The van der Waals surface area contributed by atoms with Crippen molar-refractivity contribution < 1.29 is 5.11 Å². The van der Waals surface area contributed by atoms with Crippen LogP contribution in [0, 0.1) is 0 Å². The second-order valence-electron chi connectivity index (χ2n) is 5.96. The number of hydrogen-bond acceptors (Lipinski definition) is 3. The van der Waals surface area contributed by atoms with Gasteiger partial charge in [-0.25, -0.2) is 0 Å². The van der Waals surface area contributed by atoms with Gasteiger partial charge in [-0.2, -0.15) is 0 Å². The van der Waals surface area contributed by atoms with E-state index in [1.54, 1.807) is 6.08 Å². The van der Waals surface area contributed by atoms with Crippen LogP contribution in [0.1, 0.15) is 24.3 Å². The van der Waals surface area contributed by atoms with Gasteiger partial charge in [0.1, 0.15) is 0 Å². The Morgan fingerprint density at radius 2 is 1.80 bits per heavy atom. The van der Waals surface area contributed by atoms with E-state index in [4.69, 9.17) is 0 Å². The van der Waals surface area contributed by atoms with E-state index in [2.05, 4.69) is 40.6 Å². The number of rotatable bonds is 5. The molecular formula is C17H24N2O. The van der Waals surface area contributed by atoms with E-state index in [-0.39, 0.29) is 0 Å². The highest BCUT2D eigenvalue weighted by atomic mass is 16.3. The van der Waals surface area contributed by atoms with Crippen LogP contribution in [0.4, 0.5) is 5.69 Å². The Labute approximate surface area is 121 Å². The van der Waals surface area contributed by atoms with Crippen molar-refractivity contribution in [1.29, 1.82) is 0 Å². The topological polar surface area (TPSA) is 26.7 Å². The van der Waals surface area contributed by atoms with Crippen molar-refractivity contribution >= 4 is 5.69 Å². The van der Waals surface area contributed by atoms with Crippen LogP contribution in [0.5, 0.6) is 0 Å². The number of piperazine rings is 1. The number of aliphatic hydroxyl groups excluding tert-OH is 1. The molecule has 3 heteroatoms. The molecule has 0 spiro atoms. The minimum atomic E-state index is -0.403. The number of aliphatic hydroxyl groups is 1. The molecule has 1 atom stereocenters. The largest absolute Gasteiger partial charge is 0.388 e. The van der Waals surface area contributed by atoms with Crippen molar-refractivity contribution in [3.63, 3.8) is 0 Å². The summed E-state index contributed by atoms with van der Waals surface area (Å²) in [4.78, 5) is 4.74. The second kappa shape index (κ2) is 5.98. The molecule has 1 unspecified atom stereocenters. The fourth-order valence-electron chi connectivity index (χ4n) is 2.90. The summed E-state index contributed by atoms with van der Waals surface area (Å²) in [6.07, 6.45) is 3.94. The minimum absolute atomic E-state index is 0.403. The van der Waals surface area contributed by atoms with Crippen LogP contribution in [0.15, 0.2) is 36.9 Å². The summed E-state index contributed by atoms with van der Waals surface area (Å²) in [5, 5.41) is 9.61. The van der Waals surface area contributed by atoms with Crippen LogP contribution in [-0.4, -0.2) is 48.8 Å². The van der Waals surface area contributed by atoms with Gasteiger partial charge in [-0.15, -0.1) is 6.58 Å². The van der Waals surface area contributed by atoms with Gasteiger partial charge in [0.15, 0.2) is 0 Å². The SMILES string of the molecule is C=CC(O)CN1CCN(c2ccc(C3CC3)cc2)CC1. The van der Waals surface area contributed by atoms with E-state index in [1.807, 2.05) is 0 Å². The zero-order valence-corrected chi connectivity index (χ0v) is 12.0. The van der Waals surface area contributed by atoms with Gasteiger partial charge < -0.3 is 10.0 Å². The van der Waals surface area contributed by atoms with Gasteiger partial charge in [0.05, 0.1) is 6.10 Å². The normalized spacial score (nSPS) is 21.8. The van der Waals surface area contributed by atoms with Crippen molar-refractivity contribution in [1.82, 2.24) is 4.90 Å². The van der Waals surface area contributed by atoms with Crippen LogP contribution in [0.3, 0.4) is 0 Å². The van der Waals surface area contributed by atoms with E-state index < -0.39 is 6.10 Å². The molecule has 1 saturated carbocycles. The van der Waals surface area contributed by atoms with Gasteiger partial charge in [0, 0.05) is 38.4 Å². The first kappa shape index (κ1) is 13.7. The highest BCUT2D eigenvalue weighted by molar-refractivity contribution is 5.49. The number of β-amino-alcohol motifs (C(OH)–C–C–N with tert-alkyl or cyclic N) is 1. The van der Waals surface area contributed by atoms with Gasteiger partial charge in [-0.05, 0) is 36.5 Å². The Hall–Kier alpha value is -1.32. The molecular weight excluding hydrogens is 248 g/mol. The average molecular weight is 272 g/mol. The number of benzene rings is 1. The Bertz CT molecular complexity index is 445. The van der Waals surface area contributed by atoms with E-state index >= 15 is 0 Å². The Morgan fingerprint density at radius 3 is 2.35 bits per heavy atom. The zero-order chi connectivity index (χ0) is 13.9. The standard InChI is InChI=1S/C17H24N2O/c1-2-17(20)13-18-9-11-19(12-10-18)16-7-5-15(6-8-16)14-3-4-14/h2,5-8,14,17,20H,1,3-4,9-13H2. The molecule has 3 nitrogen and oxygen atoms in total. The minimum Gasteiger partial charge on any atom is -0.388 e. The third-order valence-electron chi connectivity index (χ3n) is 4.40. The van der Waals surface area contributed by atoms with Crippen LogP contribution in [-0.2, 0) is 0 Å². The first-order valence-electron chi connectivity index (χ1n) is 7.64. The van der Waals surface area contributed by atoms with Crippen molar-refractivity contribution in [2.75, 3.05) is 37.6 Å². The molecule has 1 N–H and O–H groups in total. The van der Waals surface area contributed by atoms with Gasteiger partial charge >= 0.3 is 0 Å². The summed E-state index contributed by atoms with van der Waals surface area (Å²) in [6.45, 7) is 8.42. The maximum absolute atomic E-state index is 9.61. The molecule has 2 aliphatic rings. The number of hydrogen-bond donors (Lipinski definition) is 1. The fraction of sp³-hybridized carbons (Fsp3) is 0.529. The molecule has 2 fully saturated rings. The lowest BCUT2D eigenvalue weighted by atomic mass is 10.1. The maximum Gasteiger partial charge on any atom is 0.0845 e. The number of nitrogens with zero attached hydrogens (tertiary/aromatic N) is 2. The van der Waals surface area contributed by atoms with Crippen LogP contribution in [0.25, 0.3) is 0 Å². The molecule has 1 saturated heterocycles. The van der Waals surface area contributed by atoms with Crippen molar-refractivity contribution in [3.05, 3.63) is 42.5 Å². The van der Waals surface area contributed by atoms with E-state index in [9.17, 15) is 5.11 Å². The molecule has 20 heavy (non-hydrogen) atoms. The summed E-state index contributed by atoms with van der Waals surface area (Å²) in [7, 11) is 0. The van der Waals surface area contributed by atoms with Crippen molar-refractivity contribution in [2.45, 2.75) is 24.9 Å². The zero-order valence-electron chi connectivity index (χ0n) is 12.0. The summed E-state index contributed by atoms with van der Waals surface area (Å²) < 4.78 is 0. The lowest BCUT2D eigenvalue weighted by Crippen LogP contribution is -2.48. The quantitative estimate of drug-likeness (QED) is 0.833. The molecule has 1 aromatic rings. The summed E-state index contributed by atoms with van der Waals surface area (Å²) in [5.41, 5.74) is 2.83. The first-order chi connectivity index (χ1) is 9.76. The second-order valence-corrected chi connectivity index (χ2v) is 5.96. The summed E-state index contributed by atoms with van der Waals surface area (Å²) >= 11 is 0. The third kappa shape index (κ3) is 3.22. The molecule has 3 rings (SSSR count). The molecule has 0 radical (unpaired) electrons. The first-order valence-corrected chi connectivity index (χ1v) is 7.64. The monoisotopic (exact) mass is 272 g/mol. The molecule has 0 amide bonds. The van der Waals surface area contributed by atoms with Crippen LogP contribution < -0.4 is 4.90 Å². The molecule has 1 heterocycles. The fourth-order valence-corrected chi connectivity index (χ4v) is 2.90. The van der Waals surface area contributed by atoms with E-state index in [1.165, 1.54) is 24.1 Å². The predicted octanol–water partition coefficient (Wildman–Crippen LogP) is 2.23. The highest BCUT2D eigenvalue weighted by Crippen LogP contribution is 2.40. The average Bonchev–Trinajstić information content (AvgIpc) is 3.33. The lowest BCUT2D eigenvalue weighted by Gasteiger charge is -2.36. The maximum atomic E-state index is 9.61. The van der Waals surface area contributed by atoms with Gasteiger partial charge in [0.25, 0.3) is 0 Å². The van der Waals surface area contributed by atoms with Crippen LogP contribution in [0.2, 0.25) is 0 Å². The Kier molecular flexibility index (Phi) is 4.08. The highest BCUT2D eigenvalue weighted by Gasteiger charge is 2.23. The Balaban J connectivity index is 1.53. The molecule has 1 aliphatic heterocycles. The molecule has 108 valence electrons. The summed E-state index contributed by atoms with van der Waals surface area (Å²) in [5.74, 6) is 0.835. The van der Waals surface area contributed by atoms with E-state index in [0.29, 0.717) is 6.54 Å². The Morgan fingerprint density at radius 1 is 1.15 bits per heavy atom. The van der Waals surface area contributed by atoms with Crippen molar-refractivity contribution in [2.24, 2.45) is 0 Å². The molecule has 1 aliphatic carbocycles. The lowest BCUT2D eigenvalue weighted by molar-refractivity contribution is 0.142.